The molecular weight excluding hydrogens is 366 g/mol. The Hall–Kier alpha value is -1.73. The van der Waals surface area contributed by atoms with Crippen molar-refractivity contribution in [2.75, 3.05) is 5.75 Å². The van der Waals surface area contributed by atoms with Crippen molar-refractivity contribution < 1.29 is 22.4 Å². The van der Waals surface area contributed by atoms with Crippen molar-refractivity contribution >= 4 is 29.3 Å². The molecule has 0 bridgehead atoms. The van der Waals surface area contributed by atoms with Crippen molar-refractivity contribution in [3.05, 3.63) is 69.8 Å². The minimum absolute atomic E-state index is 0.0913. The van der Waals surface area contributed by atoms with Gasteiger partial charge in [0.25, 0.3) is 0 Å². The fourth-order valence-electron chi connectivity index (χ4n) is 2.44. The van der Waals surface area contributed by atoms with E-state index in [1.807, 2.05) is 0 Å². The monoisotopic (exact) mass is 375 g/mol. The molecule has 2 aromatic carbocycles. The van der Waals surface area contributed by atoms with Crippen LogP contribution in [0, 0.1) is 23.3 Å². The second-order valence-corrected chi connectivity index (χ2v) is 6.67. The van der Waals surface area contributed by atoms with Gasteiger partial charge in [0.05, 0.1) is 17.3 Å². The molecule has 126 valence electrons. The maximum absolute atomic E-state index is 13.9. The fourth-order valence-corrected chi connectivity index (χ4v) is 3.81. The quantitative estimate of drug-likeness (QED) is 0.574. The molecule has 8 heteroatoms. The average Bonchev–Trinajstić information content (AvgIpc) is 2.91. The number of carbonyl (C=O) groups is 1. The number of nitrogens with zero attached hydrogens (tertiary/aromatic N) is 1. The summed E-state index contributed by atoms with van der Waals surface area (Å²) in [6.07, 6.45) is 0. The van der Waals surface area contributed by atoms with Gasteiger partial charge in [-0.05, 0) is 23.8 Å². The SMILES string of the molecule is O=C1CSC(c2ccc(F)c(Cl)c2)N1Cc1ccc(F)c(F)c1F. The van der Waals surface area contributed by atoms with Crippen molar-refractivity contribution in [3.63, 3.8) is 0 Å². The lowest BCUT2D eigenvalue weighted by Gasteiger charge is -2.24. The Labute approximate surface area is 144 Å². The highest BCUT2D eigenvalue weighted by Gasteiger charge is 2.34. The van der Waals surface area contributed by atoms with Crippen LogP contribution in [0.4, 0.5) is 17.6 Å². The molecule has 0 radical (unpaired) electrons. The largest absolute Gasteiger partial charge is 0.321 e. The van der Waals surface area contributed by atoms with Gasteiger partial charge in [0.1, 0.15) is 11.2 Å². The van der Waals surface area contributed by atoms with Crippen LogP contribution in [0.3, 0.4) is 0 Å². The zero-order valence-electron chi connectivity index (χ0n) is 12.0. The maximum atomic E-state index is 13.9. The molecule has 1 saturated heterocycles. The highest BCUT2D eigenvalue weighted by molar-refractivity contribution is 8.00. The highest BCUT2D eigenvalue weighted by Crippen LogP contribution is 2.40. The van der Waals surface area contributed by atoms with Crippen molar-refractivity contribution in [3.8, 4) is 0 Å². The first-order chi connectivity index (χ1) is 11.4. The molecule has 1 amide bonds. The van der Waals surface area contributed by atoms with Crippen LogP contribution in [0.2, 0.25) is 5.02 Å². The van der Waals surface area contributed by atoms with Crippen molar-refractivity contribution in [2.24, 2.45) is 0 Å². The zero-order valence-corrected chi connectivity index (χ0v) is 13.6. The van der Waals surface area contributed by atoms with Crippen LogP contribution in [0.15, 0.2) is 30.3 Å². The average molecular weight is 376 g/mol. The molecule has 0 aromatic heterocycles. The summed E-state index contributed by atoms with van der Waals surface area (Å²) in [5, 5.41) is -0.602. The third-order valence-electron chi connectivity index (χ3n) is 3.65. The van der Waals surface area contributed by atoms with Crippen molar-refractivity contribution in [2.45, 2.75) is 11.9 Å². The first-order valence-electron chi connectivity index (χ1n) is 6.87. The number of halogens is 5. The molecule has 1 fully saturated rings. The summed E-state index contributed by atoms with van der Waals surface area (Å²) in [6, 6.07) is 5.95. The van der Waals surface area contributed by atoms with Crippen LogP contribution in [0.25, 0.3) is 0 Å². The number of thioether (sulfide) groups is 1. The van der Waals surface area contributed by atoms with Gasteiger partial charge in [0, 0.05) is 5.56 Å². The van der Waals surface area contributed by atoms with Crippen LogP contribution in [0.5, 0.6) is 0 Å². The summed E-state index contributed by atoms with van der Waals surface area (Å²) >= 11 is 7.02. The third kappa shape index (κ3) is 3.10. The van der Waals surface area contributed by atoms with E-state index in [4.69, 9.17) is 11.6 Å². The van der Waals surface area contributed by atoms with E-state index in [-0.39, 0.29) is 28.8 Å². The van der Waals surface area contributed by atoms with Gasteiger partial charge >= 0.3 is 0 Å². The van der Waals surface area contributed by atoms with E-state index < -0.39 is 28.6 Å². The molecule has 0 spiro atoms. The molecule has 24 heavy (non-hydrogen) atoms. The van der Waals surface area contributed by atoms with Crippen LogP contribution in [-0.4, -0.2) is 16.6 Å². The van der Waals surface area contributed by atoms with Crippen LogP contribution < -0.4 is 0 Å². The maximum Gasteiger partial charge on any atom is 0.234 e. The molecule has 0 N–H and O–H groups in total. The van der Waals surface area contributed by atoms with Crippen molar-refractivity contribution in [1.82, 2.24) is 4.90 Å². The van der Waals surface area contributed by atoms with Gasteiger partial charge in [0.2, 0.25) is 5.91 Å². The number of carbonyl (C=O) groups excluding carboxylic acids is 1. The lowest BCUT2D eigenvalue weighted by Crippen LogP contribution is -2.28. The van der Waals surface area contributed by atoms with E-state index in [0.717, 1.165) is 12.1 Å². The Morgan fingerprint density at radius 3 is 2.50 bits per heavy atom. The predicted octanol–water partition coefficient (Wildman–Crippen LogP) is 4.67. The van der Waals surface area contributed by atoms with Gasteiger partial charge in [-0.25, -0.2) is 17.6 Å². The normalized spacial score (nSPS) is 17.6. The molecule has 1 unspecified atom stereocenters. The minimum Gasteiger partial charge on any atom is -0.321 e. The topological polar surface area (TPSA) is 20.3 Å². The van der Waals surface area contributed by atoms with E-state index >= 15 is 0 Å². The minimum atomic E-state index is -1.58. The zero-order chi connectivity index (χ0) is 17.4. The molecule has 1 aliphatic heterocycles. The van der Waals surface area contributed by atoms with Gasteiger partial charge < -0.3 is 4.90 Å². The molecule has 3 rings (SSSR count). The van der Waals surface area contributed by atoms with Crippen LogP contribution in [-0.2, 0) is 11.3 Å². The molecule has 0 aliphatic carbocycles. The van der Waals surface area contributed by atoms with E-state index in [1.54, 1.807) is 0 Å². The lowest BCUT2D eigenvalue weighted by atomic mass is 10.1. The summed E-state index contributed by atoms with van der Waals surface area (Å²) in [5.74, 6) is -4.92. The van der Waals surface area contributed by atoms with Gasteiger partial charge in [-0.15, -0.1) is 11.8 Å². The van der Waals surface area contributed by atoms with Crippen LogP contribution >= 0.6 is 23.4 Å². The summed E-state index contributed by atoms with van der Waals surface area (Å²) in [6.45, 7) is -0.228. The molecule has 2 aromatic rings. The van der Waals surface area contributed by atoms with Gasteiger partial charge in [-0.3, -0.25) is 4.79 Å². The number of hydrogen-bond donors (Lipinski definition) is 0. The molecule has 1 atom stereocenters. The summed E-state index contributed by atoms with van der Waals surface area (Å²) in [5.41, 5.74) is 0.434. The van der Waals surface area contributed by atoms with E-state index in [2.05, 4.69) is 0 Å². The standard InChI is InChI=1S/C16H10ClF4NOS/c17-10-5-8(1-3-11(10)18)16-22(13(23)7-24-16)6-9-2-4-12(19)15(21)14(9)20/h1-5,16H,6-7H2. The smallest absolute Gasteiger partial charge is 0.234 e. The molecule has 0 saturated carbocycles. The Morgan fingerprint density at radius 2 is 1.79 bits per heavy atom. The Kier molecular flexibility index (Phi) is 4.73. The molecule has 2 nitrogen and oxygen atoms in total. The second-order valence-electron chi connectivity index (χ2n) is 5.19. The Balaban J connectivity index is 1.91. The van der Waals surface area contributed by atoms with Crippen LogP contribution in [0.1, 0.15) is 16.5 Å². The number of benzene rings is 2. The summed E-state index contributed by atoms with van der Waals surface area (Å²) in [7, 11) is 0. The second kappa shape index (κ2) is 6.64. The lowest BCUT2D eigenvalue weighted by molar-refractivity contribution is -0.128. The fraction of sp³-hybridized carbons (Fsp3) is 0.188. The third-order valence-corrected chi connectivity index (χ3v) is 5.20. The first-order valence-corrected chi connectivity index (χ1v) is 8.29. The number of hydrogen-bond acceptors (Lipinski definition) is 2. The Morgan fingerprint density at radius 1 is 1.08 bits per heavy atom. The van der Waals surface area contributed by atoms with E-state index in [0.29, 0.717) is 5.56 Å². The van der Waals surface area contributed by atoms with Gasteiger partial charge in [0.15, 0.2) is 17.5 Å². The first kappa shape index (κ1) is 17.1. The summed E-state index contributed by atoms with van der Waals surface area (Å²) < 4.78 is 53.5. The van der Waals surface area contributed by atoms with E-state index in [9.17, 15) is 22.4 Å². The molecular formula is C16H10ClF4NOS. The molecule has 1 aliphatic rings. The Bertz CT molecular complexity index is 817. The molecule has 1 heterocycles. The van der Waals surface area contributed by atoms with Crippen molar-refractivity contribution in [1.29, 1.82) is 0 Å². The van der Waals surface area contributed by atoms with Gasteiger partial charge in [-0.1, -0.05) is 23.7 Å². The number of amides is 1. The van der Waals surface area contributed by atoms with E-state index in [1.165, 1.54) is 34.9 Å². The predicted molar refractivity (Wildman–Crippen MR) is 83.5 cm³/mol. The summed E-state index contributed by atoms with van der Waals surface area (Å²) in [4.78, 5) is 13.4. The van der Waals surface area contributed by atoms with Gasteiger partial charge in [-0.2, -0.15) is 0 Å². The highest BCUT2D eigenvalue weighted by atomic mass is 35.5. The number of rotatable bonds is 3.